The van der Waals surface area contributed by atoms with Crippen molar-refractivity contribution in [3.05, 3.63) is 58.6 Å². The fourth-order valence-electron chi connectivity index (χ4n) is 2.74. The number of halogens is 1. The van der Waals surface area contributed by atoms with Gasteiger partial charge in [0.25, 0.3) is 0 Å². The van der Waals surface area contributed by atoms with Crippen LogP contribution in [0, 0.1) is 0 Å². The van der Waals surface area contributed by atoms with Crippen molar-refractivity contribution in [3.63, 3.8) is 0 Å². The maximum Gasteiger partial charge on any atom is 0.115 e. The van der Waals surface area contributed by atoms with Gasteiger partial charge in [-0.15, -0.1) is 0 Å². The van der Waals surface area contributed by atoms with Crippen LogP contribution in [0.4, 0.5) is 5.69 Å². The third-order valence-electron chi connectivity index (χ3n) is 3.89. The second-order valence-corrected chi connectivity index (χ2v) is 6.37. The molecule has 1 saturated heterocycles. The molecule has 0 aliphatic carbocycles. The maximum absolute atomic E-state index is 9.48. The first kappa shape index (κ1) is 14.4. The van der Waals surface area contributed by atoms with Crippen LogP contribution in [0.1, 0.15) is 12.0 Å². The summed E-state index contributed by atoms with van der Waals surface area (Å²) >= 11 is 3.47. The lowest BCUT2D eigenvalue weighted by atomic mass is 10.2. The first-order valence-corrected chi connectivity index (χ1v) is 8.02. The number of phenolic OH excluding ortho intramolecular Hbond substituents is 1. The zero-order chi connectivity index (χ0) is 14.7. The molecule has 0 aromatic heterocycles. The summed E-state index contributed by atoms with van der Waals surface area (Å²) in [5.41, 5.74) is 2.40. The van der Waals surface area contributed by atoms with Crippen LogP contribution in [0.15, 0.2) is 53.0 Å². The summed E-state index contributed by atoms with van der Waals surface area (Å²) in [6.45, 7) is 2.91. The number of benzene rings is 2. The van der Waals surface area contributed by atoms with Gasteiger partial charge < -0.3 is 15.3 Å². The highest BCUT2D eigenvalue weighted by Gasteiger charge is 2.22. The molecule has 1 atom stereocenters. The molecule has 2 N–H and O–H groups in total. The smallest absolute Gasteiger partial charge is 0.115 e. The molecule has 2 aromatic carbocycles. The van der Waals surface area contributed by atoms with E-state index in [0.717, 1.165) is 36.1 Å². The van der Waals surface area contributed by atoms with Crippen LogP contribution in [0.25, 0.3) is 0 Å². The summed E-state index contributed by atoms with van der Waals surface area (Å²) in [5, 5.41) is 13.1. The van der Waals surface area contributed by atoms with E-state index in [4.69, 9.17) is 0 Å². The average Bonchev–Trinajstić information content (AvgIpc) is 2.95. The maximum atomic E-state index is 9.48. The topological polar surface area (TPSA) is 35.5 Å². The van der Waals surface area contributed by atoms with Gasteiger partial charge in [0.15, 0.2) is 0 Å². The highest BCUT2D eigenvalue weighted by atomic mass is 79.9. The van der Waals surface area contributed by atoms with Crippen molar-refractivity contribution in [1.82, 2.24) is 5.32 Å². The van der Waals surface area contributed by atoms with Gasteiger partial charge in [-0.2, -0.15) is 0 Å². The largest absolute Gasteiger partial charge is 0.508 e. The normalized spacial score (nSPS) is 18.1. The first-order valence-electron chi connectivity index (χ1n) is 7.22. The van der Waals surface area contributed by atoms with Crippen LogP contribution in [0.2, 0.25) is 0 Å². The Morgan fingerprint density at radius 1 is 1.19 bits per heavy atom. The Balaban J connectivity index is 1.54. The van der Waals surface area contributed by atoms with Gasteiger partial charge >= 0.3 is 0 Å². The van der Waals surface area contributed by atoms with Crippen molar-refractivity contribution in [1.29, 1.82) is 0 Å². The van der Waals surface area contributed by atoms with Gasteiger partial charge in [-0.05, 0) is 48.4 Å². The minimum atomic E-state index is 0.331. The number of hydrogen-bond acceptors (Lipinski definition) is 3. The summed E-state index contributed by atoms with van der Waals surface area (Å²) in [7, 11) is 0. The van der Waals surface area contributed by atoms with E-state index < -0.39 is 0 Å². The minimum Gasteiger partial charge on any atom is -0.508 e. The summed E-state index contributed by atoms with van der Waals surface area (Å²) in [5.74, 6) is 0.331. The van der Waals surface area contributed by atoms with E-state index in [0.29, 0.717) is 11.8 Å². The zero-order valence-corrected chi connectivity index (χ0v) is 13.4. The third kappa shape index (κ3) is 3.77. The average molecular weight is 347 g/mol. The van der Waals surface area contributed by atoms with Gasteiger partial charge in [0, 0.05) is 35.8 Å². The van der Waals surface area contributed by atoms with Gasteiger partial charge in [-0.3, -0.25) is 0 Å². The molecule has 1 unspecified atom stereocenters. The van der Waals surface area contributed by atoms with Crippen LogP contribution in [0.5, 0.6) is 5.75 Å². The molecule has 0 spiro atoms. The molecule has 110 valence electrons. The number of aromatic hydroxyl groups is 1. The minimum absolute atomic E-state index is 0.331. The monoisotopic (exact) mass is 346 g/mol. The van der Waals surface area contributed by atoms with Crippen LogP contribution in [0.3, 0.4) is 0 Å². The zero-order valence-electron chi connectivity index (χ0n) is 11.8. The van der Waals surface area contributed by atoms with Crippen molar-refractivity contribution in [3.8, 4) is 5.75 Å². The molecular weight excluding hydrogens is 328 g/mol. The molecule has 0 radical (unpaired) electrons. The Bertz CT molecular complexity index is 600. The van der Waals surface area contributed by atoms with E-state index in [1.165, 1.54) is 5.69 Å². The van der Waals surface area contributed by atoms with Gasteiger partial charge in [0.05, 0.1) is 0 Å². The third-order valence-corrected chi connectivity index (χ3v) is 4.41. The van der Waals surface area contributed by atoms with E-state index in [2.05, 4.69) is 50.4 Å². The molecule has 3 nitrogen and oxygen atoms in total. The summed E-state index contributed by atoms with van der Waals surface area (Å²) in [6, 6.07) is 16.4. The number of nitrogens with one attached hydrogen (secondary N) is 1. The summed E-state index contributed by atoms with van der Waals surface area (Å²) < 4.78 is 1.11. The predicted molar refractivity (Wildman–Crippen MR) is 89.7 cm³/mol. The predicted octanol–water partition coefficient (Wildman–Crippen LogP) is 3.52. The molecule has 0 amide bonds. The van der Waals surface area contributed by atoms with Gasteiger partial charge in [0.1, 0.15) is 5.75 Å². The van der Waals surface area contributed by atoms with Crippen molar-refractivity contribution in [2.24, 2.45) is 0 Å². The van der Waals surface area contributed by atoms with Crippen molar-refractivity contribution in [2.45, 2.75) is 19.0 Å². The lowest BCUT2D eigenvalue weighted by Crippen LogP contribution is -2.32. The van der Waals surface area contributed by atoms with Gasteiger partial charge in [-0.25, -0.2) is 0 Å². The molecule has 1 fully saturated rings. The quantitative estimate of drug-likeness (QED) is 0.888. The van der Waals surface area contributed by atoms with Gasteiger partial charge in [0.2, 0.25) is 0 Å². The molecule has 4 heteroatoms. The number of anilines is 1. The second kappa shape index (κ2) is 6.50. The second-order valence-electron chi connectivity index (χ2n) is 5.46. The molecule has 1 aliphatic rings. The molecule has 1 heterocycles. The molecule has 2 aromatic rings. The Morgan fingerprint density at radius 2 is 2.00 bits per heavy atom. The van der Waals surface area contributed by atoms with Crippen molar-refractivity contribution < 1.29 is 5.11 Å². The summed E-state index contributed by atoms with van der Waals surface area (Å²) in [6.07, 6.45) is 1.15. The summed E-state index contributed by atoms with van der Waals surface area (Å²) in [4.78, 5) is 2.41. The number of hydrogen-bond donors (Lipinski definition) is 2. The van der Waals surface area contributed by atoms with E-state index in [9.17, 15) is 5.11 Å². The van der Waals surface area contributed by atoms with E-state index in [-0.39, 0.29) is 0 Å². The molecular formula is C17H19BrN2O. The lowest BCUT2D eigenvalue weighted by Gasteiger charge is -2.19. The van der Waals surface area contributed by atoms with Crippen LogP contribution in [-0.4, -0.2) is 24.2 Å². The fourth-order valence-corrected chi connectivity index (χ4v) is 3.01. The molecule has 0 saturated carbocycles. The standard InChI is InChI=1S/C17H19BrN2O/c18-14-4-6-16(7-5-14)20-9-8-15(12-20)19-11-13-2-1-3-17(21)10-13/h1-7,10,15,19,21H,8-9,11-12H2. The van der Waals surface area contributed by atoms with Crippen LogP contribution >= 0.6 is 15.9 Å². The SMILES string of the molecule is Oc1cccc(CNC2CCN(c3ccc(Br)cc3)C2)c1. The molecule has 1 aliphatic heterocycles. The van der Waals surface area contributed by atoms with Crippen LogP contribution in [-0.2, 0) is 6.54 Å². The number of phenols is 1. The van der Waals surface area contributed by atoms with E-state index >= 15 is 0 Å². The highest BCUT2D eigenvalue weighted by molar-refractivity contribution is 9.10. The fraction of sp³-hybridized carbons (Fsp3) is 0.294. The lowest BCUT2D eigenvalue weighted by molar-refractivity contribution is 0.473. The number of nitrogens with zero attached hydrogens (tertiary/aromatic N) is 1. The Hall–Kier alpha value is -1.52. The highest BCUT2D eigenvalue weighted by Crippen LogP contribution is 2.22. The Morgan fingerprint density at radius 3 is 2.76 bits per heavy atom. The molecule has 3 rings (SSSR count). The number of rotatable bonds is 4. The van der Waals surface area contributed by atoms with E-state index in [1.54, 1.807) is 6.07 Å². The molecule has 21 heavy (non-hydrogen) atoms. The Kier molecular flexibility index (Phi) is 4.46. The Labute approximate surface area is 133 Å². The van der Waals surface area contributed by atoms with Crippen molar-refractivity contribution >= 4 is 21.6 Å². The molecule has 0 bridgehead atoms. The van der Waals surface area contributed by atoms with Crippen LogP contribution < -0.4 is 10.2 Å². The van der Waals surface area contributed by atoms with Gasteiger partial charge in [-0.1, -0.05) is 28.1 Å². The van der Waals surface area contributed by atoms with E-state index in [1.807, 2.05) is 18.2 Å². The first-order chi connectivity index (χ1) is 10.2. The van der Waals surface area contributed by atoms with Crippen molar-refractivity contribution in [2.75, 3.05) is 18.0 Å².